The number of nitrogens with zero attached hydrogens (tertiary/aromatic N) is 1. The summed E-state index contributed by atoms with van der Waals surface area (Å²) >= 11 is 0. The van der Waals surface area contributed by atoms with E-state index in [1.165, 1.54) is 19.4 Å². The molecule has 0 bridgehead atoms. The van der Waals surface area contributed by atoms with Gasteiger partial charge in [-0.3, -0.25) is 0 Å². The maximum Gasteiger partial charge on any atom is 0.0212 e. The van der Waals surface area contributed by atoms with Gasteiger partial charge < -0.3 is 10.2 Å². The molecule has 0 radical (unpaired) electrons. The molecule has 2 heteroatoms. The van der Waals surface area contributed by atoms with E-state index >= 15 is 0 Å². The van der Waals surface area contributed by atoms with E-state index in [4.69, 9.17) is 0 Å². The average Bonchev–Trinajstić information content (AvgIpc) is 2.28. The molecule has 1 fully saturated rings. The number of hydrogen-bond acceptors (Lipinski definition) is 2. The van der Waals surface area contributed by atoms with Crippen LogP contribution >= 0.6 is 0 Å². The molecule has 1 N–H and O–H groups in total. The summed E-state index contributed by atoms with van der Waals surface area (Å²) in [5, 5.41) is 3.63. The van der Waals surface area contributed by atoms with E-state index in [1.54, 1.807) is 0 Å². The second-order valence-corrected chi connectivity index (χ2v) is 5.48. The minimum absolute atomic E-state index is 0.617. The molecule has 2 nitrogen and oxygen atoms in total. The summed E-state index contributed by atoms with van der Waals surface area (Å²) in [7, 11) is 2.26. The average molecular weight is 198 g/mol. The standard InChI is InChI=1S/C12H26N2/c1-9(2)6-12-7-11(8-14(12)5)13-10(3)4/h9-13H,6-8H2,1-5H3. The molecule has 0 spiro atoms. The molecule has 2 atom stereocenters. The largest absolute Gasteiger partial charge is 0.310 e. The fourth-order valence-corrected chi connectivity index (χ4v) is 2.49. The number of likely N-dealkylation sites (tertiary alicyclic amines) is 1. The van der Waals surface area contributed by atoms with E-state index < -0.39 is 0 Å². The van der Waals surface area contributed by atoms with Crippen molar-refractivity contribution >= 4 is 0 Å². The Bertz CT molecular complexity index is 166. The lowest BCUT2D eigenvalue weighted by atomic mass is 10.0. The highest BCUT2D eigenvalue weighted by Gasteiger charge is 2.29. The highest BCUT2D eigenvalue weighted by atomic mass is 15.2. The van der Waals surface area contributed by atoms with Crippen LogP contribution in [-0.2, 0) is 0 Å². The molecule has 2 unspecified atom stereocenters. The van der Waals surface area contributed by atoms with Gasteiger partial charge in [0.2, 0.25) is 0 Å². The highest BCUT2D eigenvalue weighted by molar-refractivity contribution is 4.88. The molecule has 0 aromatic heterocycles. The van der Waals surface area contributed by atoms with Gasteiger partial charge in [0.25, 0.3) is 0 Å². The molecule has 1 heterocycles. The molecule has 1 saturated heterocycles. The third-order valence-electron chi connectivity index (χ3n) is 3.00. The maximum absolute atomic E-state index is 3.63. The van der Waals surface area contributed by atoms with Crippen molar-refractivity contribution in [2.24, 2.45) is 5.92 Å². The van der Waals surface area contributed by atoms with Gasteiger partial charge >= 0.3 is 0 Å². The zero-order valence-electron chi connectivity index (χ0n) is 10.4. The summed E-state index contributed by atoms with van der Waals surface area (Å²) in [6.07, 6.45) is 2.67. The topological polar surface area (TPSA) is 15.3 Å². The smallest absolute Gasteiger partial charge is 0.0212 e. The van der Waals surface area contributed by atoms with Gasteiger partial charge in [0.05, 0.1) is 0 Å². The van der Waals surface area contributed by atoms with Crippen molar-refractivity contribution in [3.05, 3.63) is 0 Å². The number of hydrogen-bond donors (Lipinski definition) is 1. The normalized spacial score (nSPS) is 29.4. The minimum atomic E-state index is 0.617. The zero-order chi connectivity index (χ0) is 10.7. The van der Waals surface area contributed by atoms with Crippen molar-refractivity contribution in [3.8, 4) is 0 Å². The first-order valence-corrected chi connectivity index (χ1v) is 5.95. The summed E-state index contributed by atoms with van der Waals surface area (Å²) in [6, 6.07) is 2.13. The first-order valence-electron chi connectivity index (χ1n) is 5.95. The Hall–Kier alpha value is -0.0800. The molecule has 84 valence electrons. The molecule has 0 aliphatic carbocycles. The minimum Gasteiger partial charge on any atom is -0.310 e. The third kappa shape index (κ3) is 3.58. The van der Waals surface area contributed by atoms with E-state index in [9.17, 15) is 0 Å². The van der Waals surface area contributed by atoms with Gasteiger partial charge in [-0.25, -0.2) is 0 Å². The van der Waals surface area contributed by atoms with Crippen LogP contribution in [0.5, 0.6) is 0 Å². The number of nitrogens with one attached hydrogen (secondary N) is 1. The second-order valence-electron chi connectivity index (χ2n) is 5.48. The van der Waals surface area contributed by atoms with Crippen molar-refractivity contribution in [2.45, 2.75) is 58.7 Å². The van der Waals surface area contributed by atoms with E-state index in [-0.39, 0.29) is 0 Å². The fourth-order valence-electron chi connectivity index (χ4n) is 2.49. The Balaban J connectivity index is 2.35. The van der Waals surface area contributed by atoms with Crippen LogP contribution in [0.3, 0.4) is 0 Å². The van der Waals surface area contributed by atoms with Crippen LogP contribution in [-0.4, -0.2) is 36.6 Å². The molecule has 0 aromatic carbocycles. The molecule has 0 aromatic rings. The Morgan fingerprint density at radius 3 is 2.43 bits per heavy atom. The van der Waals surface area contributed by atoms with Gasteiger partial charge in [-0.2, -0.15) is 0 Å². The lowest BCUT2D eigenvalue weighted by Gasteiger charge is -2.20. The number of rotatable bonds is 4. The first kappa shape index (κ1) is 12.0. The van der Waals surface area contributed by atoms with Gasteiger partial charge in [0, 0.05) is 24.7 Å². The Morgan fingerprint density at radius 2 is 1.93 bits per heavy atom. The van der Waals surface area contributed by atoms with Crippen LogP contribution in [0.25, 0.3) is 0 Å². The van der Waals surface area contributed by atoms with Crippen LogP contribution in [0.1, 0.15) is 40.5 Å². The van der Waals surface area contributed by atoms with E-state index in [1.807, 2.05) is 0 Å². The van der Waals surface area contributed by atoms with Gasteiger partial charge in [0.15, 0.2) is 0 Å². The predicted molar refractivity (Wildman–Crippen MR) is 62.5 cm³/mol. The SMILES string of the molecule is CC(C)CC1CC(NC(C)C)CN1C. The van der Waals surface area contributed by atoms with Crippen molar-refractivity contribution < 1.29 is 0 Å². The van der Waals surface area contributed by atoms with Crippen LogP contribution in [0, 0.1) is 5.92 Å². The van der Waals surface area contributed by atoms with E-state index in [0.717, 1.165) is 12.0 Å². The van der Waals surface area contributed by atoms with Crippen LogP contribution < -0.4 is 5.32 Å². The Morgan fingerprint density at radius 1 is 1.29 bits per heavy atom. The Labute approximate surface area is 89.1 Å². The summed E-state index contributed by atoms with van der Waals surface area (Å²) in [6.45, 7) is 10.3. The molecule has 0 saturated carbocycles. The first-order chi connectivity index (χ1) is 6.49. The molecule has 1 aliphatic heterocycles. The predicted octanol–water partition coefficient (Wildman–Crippen LogP) is 2.10. The van der Waals surface area contributed by atoms with Crippen LogP contribution in [0.2, 0.25) is 0 Å². The maximum atomic E-state index is 3.63. The van der Waals surface area contributed by atoms with E-state index in [0.29, 0.717) is 12.1 Å². The van der Waals surface area contributed by atoms with Crippen LogP contribution in [0.4, 0.5) is 0 Å². The van der Waals surface area contributed by atoms with Gasteiger partial charge in [-0.05, 0) is 25.8 Å². The van der Waals surface area contributed by atoms with E-state index in [2.05, 4.69) is 45.0 Å². The molecule has 1 rings (SSSR count). The third-order valence-corrected chi connectivity index (χ3v) is 3.00. The Kier molecular flexibility index (Phi) is 4.39. The molecule has 0 amide bonds. The van der Waals surface area contributed by atoms with Crippen molar-refractivity contribution in [2.75, 3.05) is 13.6 Å². The lowest BCUT2D eigenvalue weighted by Crippen LogP contribution is -2.36. The quantitative estimate of drug-likeness (QED) is 0.744. The zero-order valence-corrected chi connectivity index (χ0v) is 10.4. The second kappa shape index (κ2) is 5.13. The highest BCUT2D eigenvalue weighted by Crippen LogP contribution is 2.22. The molecular formula is C12H26N2. The van der Waals surface area contributed by atoms with Gasteiger partial charge in [0.1, 0.15) is 0 Å². The van der Waals surface area contributed by atoms with Crippen molar-refractivity contribution in [1.29, 1.82) is 0 Å². The molecule has 14 heavy (non-hydrogen) atoms. The summed E-state index contributed by atoms with van der Waals surface area (Å²) in [5.74, 6) is 0.820. The van der Waals surface area contributed by atoms with Crippen molar-refractivity contribution in [1.82, 2.24) is 10.2 Å². The number of likely N-dealkylation sites (N-methyl/N-ethyl adjacent to an activating group) is 1. The summed E-state index contributed by atoms with van der Waals surface area (Å²) in [4.78, 5) is 2.51. The fraction of sp³-hybridized carbons (Fsp3) is 1.00. The monoisotopic (exact) mass is 198 g/mol. The molecular weight excluding hydrogens is 172 g/mol. The lowest BCUT2D eigenvalue weighted by molar-refractivity contribution is 0.271. The van der Waals surface area contributed by atoms with Crippen LogP contribution in [0.15, 0.2) is 0 Å². The summed E-state index contributed by atoms with van der Waals surface area (Å²) in [5.41, 5.74) is 0. The van der Waals surface area contributed by atoms with Gasteiger partial charge in [-0.1, -0.05) is 27.7 Å². The summed E-state index contributed by atoms with van der Waals surface area (Å²) < 4.78 is 0. The van der Waals surface area contributed by atoms with Gasteiger partial charge in [-0.15, -0.1) is 0 Å². The molecule has 1 aliphatic rings. The van der Waals surface area contributed by atoms with Crippen molar-refractivity contribution in [3.63, 3.8) is 0 Å².